The van der Waals surface area contributed by atoms with Gasteiger partial charge < -0.3 is 14.2 Å². The fourth-order valence-corrected chi connectivity index (χ4v) is 3.59. The van der Waals surface area contributed by atoms with Gasteiger partial charge in [0.15, 0.2) is 0 Å². The van der Waals surface area contributed by atoms with Crippen LogP contribution in [0.25, 0.3) is 11.0 Å². The number of aryl methyl sites for hydroxylation is 2. The van der Waals surface area contributed by atoms with Gasteiger partial charge in [0.2, 0.25) is 5.43 Å². The molecule has 0 spiro atoms. The Morgan fingerprint density at radius 3 is 3.00 bits per heavy atom. The standard InChI is InChI=1S/C21H25N3O3/c1-4-11-27-14-16-7-6-10-24(12-16)21(26)18-13-23(5-2)20-17(19(18)25)9-8-15(3)22-20/h1,8-9,13,16H,5-7,10-12,14H2,2-3H3. The third kappa shape index (κ3) is 4.04. The second kappa shape index (κ2) is 8.36. The van der Waals surface area contributed by atoms with Crippen LogP contribution in [-0.4, -0.2) is 46.7 Å². The minimum Gasteiger partial charge on any atom is -0.368 e. The molecule has 0 aliphatic carbocycles. The number of piperidine rings is 1. The first kappa shape index (κ1) is 19.1. The lowest BCUT2D eigenvalue weighted by Crippen LogP contribution is -2.43. The van der Waals surface area contributed by atoms with Crippen LogP contribution in [0.3, 0.4) is 0 Å². The molecule has 6 nitrogen and oxygen atoms in total. The Kier molecular flexibility index (Phi) is 5.92. The maximum Gasteiger partial charge on any atom is 0.259 e. The van der Waals surface area contributed by atoms with Crippen LogP contribution < -0.4 is 5.43 Å². The Bertz CT molecular complexity index is 942. The summed E-state index contributed by atoms with van der Waals surface area (Å²) in [5.41, 5.74) is 1.42. The van der Waals surface area contributed by atoms with E-state index in [1.807, 2.05) is 18.4 Å². The molecule has 1 fully saturated rings. The number of aromatic nitrogens is 2. The SMILES string of the molecule is C#CCOCC1CCCN(C(=O)c2cn(CC)c3nc(C)ccc3c2=O)C1. The summed E-state index contributed by atoms with van der Waals surface area (Å²) in [6, 6.07) is 3.56. The number of hydrogen-bond donors (Lipinski definition) is 0. The van der Waals surface area contributed by atoms with Crippen molar-refractivity contribution in [2.75, 3.05) is 26.3 Å². The van der Waals surface area contributed by atoms with Crippen molar-refractivity contribution in [1.82, 2.24) is 14.5 Å². The highest BCUT2D eigenvalue weighted by atomic mass is 16.5. The molecule has 3 heterocycles. The molecule has 0 aromatic carbocycles. The fourth-order valence-electron chi connectivity index (χ4n) is 3.59. The number of likely N-dealkylation sites (tertiary alicyclic amines) is 1. The van der Waals surface area contributed by atoms with E-state index >= 15 is 0 Å². The predicted octanol–water partition coefficient (Wildman–Crippen LogP) is 2.23. The summed E-state index contributed by atoms with van der Waals surface area (Å²) in [6.07, 6.45) is 8.75. The van der Waals surface area contributed by atoms with Gasteiger partial charge in [-0.2, -0.15) is 0 Å². The number of rotatable bonds is 5. The first-order valence-corrected chi connectivity index (χ1v) is 9.36. The number of terminal acetylenes is 1. The first-order valence-electron chi connectivity index (χ1n) is 9.36. The van der Waals surface area contributed by atoms with Gasteiger partial charge in [-0.15, -0.1) is 6.42 Å². The third-order valence-electron chi connectivity index (χ3n) is 4.98. The number of carbonyl (C=O) groups excluding carboxylic acids is 1. The van der Waals surface area contributed by atoms with E-state index < -0.39 is 0 Å². The van der Waals surface area contributed by atoms with E-state index in [2.05, 4.69) is 10.9 Å². The van der Waals surface area contributed by atoms with Gasteiger partial charge in [0.1, 0.15) is 17.8 Å². The van der Waals surface area contributed by atoms with Crippen LogP contribution in [0.4, 0.5) is 0 Å². The second-order valence-electron chi connectivity index (χ2n) is 6.96. The highest BCUT2D eigenvalue weighted by Gasteiger charge is 2.27. The van der Waals surface area contributed by atoms with Crippen molar-refractivity contribution in [2.45, 2.75) is 33.2 Å². The number of nitrogens with zero attached hydrogens (tertiary/aromatic N) is 3. The van der Waals surface area contributed by atoms with Crippen LogP contribution in [0.5, 0.6) is 0 Å². The lowest BCUT2D eigenvalue weighted by atomic mass is 9.98. The van der Waals surface area contributed by atoms with Crippen molar-refractivity contribution in [1.29, 1.82) is 0 Å². The smallest absolute Gasteiger partial charge is 0.259 e. The number of fused-ring (bicyclic) bond motifs is 1. The maximum atomic E-state index is 13.1. The number of amides is 1. The van der Waals surface area contributed by atoms with Crippen LogP contribution in [0.2, 0.25) is 0 Å². The molecule has 142 valence electrons. The van der Waals surface area contributed by atoms with Crippen LogP contribution in [0.1, 0.15) is 35.8 Å². The highest BCUT2D eigenvalue weighted by molar-refractivity contribution is 5.97. The largest absolute Gasteiger partial charge is 0.368 e. The maximum absolute atomic E-state index is 13.1. The topological polar surface area (TPSA) is 64.4 Å². The van der Waals surface area contributed by atoms with Gasteiger partial charge in [-0.1, -0.05) is 5.92 Å². The van der Waals surface area contributed by atoms with E-state index in [-0.39, 0.29) is 29.4 Å². The van der Waals surface area contributed by atoms with Gasteiger partial charge in [0.05, 0.1) is 12.0 Å². The quantitative estimate of drug-likeness (QED) is 0.600. The summed E-state index contributed by atoms with van der Waals surface area (Å²) in [6.45, 7) is 6.55. The van der Waals surface area contributed by atoms with Crippen LogP contribution in [-0.2, 0) is 11.3 Å². The lowest BCUT2D eigenvalue weighted by Gasteiger charge is -2.32. The molecule has 0 N–H and O–H groups in total. The molecule has 0 saturated carbocycles. The van der Waals surface area contributed by atoms with Crippen molar-refractivity contribution in [2.24, 2.45) is 5.92 Å². The van der Waals surface area contributed by atoms with Gasteiger partial charge in [0, 0.05) is 37.4 Å². The van der Waals surface area contributed by atoms with Gasteiger partial charge in [-0.3, -0.25) is 9.59 Å². The van der Waals surface area contributed by atoms with Crippen LogP contribution in [0.15, 0.2) is 23.1 Å². The molecule has 2 aromatic heterocycles. The average Bonchev–Trinajstić information content (AvgIpc) is 2.68. The van der Waals surface area contributed by atoms with E-state index in [9.17, 15) is 9.59 Å². The van der Waals surface area contributed by atoms with Crippen molar-refractivity contribution >= 4 is 16.9 Å². The Hall–Kier alpha value is -2.65. The molecule has 1 aliphatic rings. The Labute approximate surface area is 159 Å². The van der Waals surface area contributed by atoms with Gasteiger partial charge in [-0.05, 0) is 38.8 Å². The Morgan fingerprint density at radius 2 is 2.26 bits per heavy atom. The zero-order chi connectivity index (χ0) is 19.4. The number of ether oxygens (including phenoxy) is 1. The molecule has 2 aromatic rings. The van der Waals surface area contributed by atoms with E-state index in [1.165, 1.54) is 0 Å². The summed E-state index contributed by atoms with van der Waals surface area (Å²) in [7, 11) is 0. The van der Waals surface area contributed by atoms with Gasteiger partial charge >= 0.3 is 0 Å². The third-order valence-corrected chi connectivity index (χ3v) is 4.98. The van der Waals surface area contributed by atoms with E-state index in [0.717, 1.165) is 18.5 Å². The molecular formula is C21H25N3O3. The Balaban J connectivity index is 1.89. The van der Waals surface area contributed by atoms with Crippen molar-refractivity contribution in [3.05, 3.63) is 39.8 Å². The minimum atomic E-state index is -0.252. The summed E-state index contributed by atoms with van der Waals surface area (Å²) in [4.78, 5) is 32.3. The zero-order valence-electron chi connectivity index (χ0n) is 15.9. The van der Waals surface area contributed by atoms with Crippen molar-refractivity contribution in [3.63, 3.8) is 0 Å². The summed E-state index contributed by atoms with van der Waals surface area (Å²) < 4.78 is 7.31. The summed E-state index contributed by atoms with van der Waals surface area (Å²) in [5.74, 6) is 2.48. The molecule has 27 heavy (non-hydrogen) atoms. The molecule has 1 amide bonds. The van der Waals surface area contributed by atoms with Gasteiger partial charge in [0.25, 0.3) is 5.91 Å². The van der Waals surface area contributed by atoms with Gasteiger partial charge in [-0.25, -0.2) is 4.98 Å². The van der Waals surface area contributed by atoms with E-state index in [1.54, 1.807) is 23.2 Å². The normalized spacial score (nSPS) is 17.1. The van der Waals surface area contributed by atoms with Crippen molar-refractivity contribution < 1.29 is 9.53 Å². The minimum absolute atomic E-state index is 0.209. The molecule has 1 atom stereocenters. The van der Waals surface area contributed by atoms with E-state index in [0.29, 0.717) is 37.3 Å². The molecule has 3 rings (SSSR count). The predicted molar refractivity (Wildman–Crippen MR) is 105 cm³/mol. The monoisotopic (exact) mass is 367 g/mol. The number of carbonyl (C=O) groups is 1. The molecule has 1 aliphatic heterocycles. The van der Waals surface area contributed by atoms with Crippen molar-refractivity contribution in [3.8, 4) is 12.3 Å². The highest BCUT2D eigenvalue weighted by Crippen LogP contribution is 2.19. The first-order chi connectivity index (χ1) is 13.0. The molecule has 0 bridgehead atoms. The summed E-state index contributed by atoms with van der Waals surface area (Å²) >= 11 is 0. The molecular weight excluding hydrogens is 342 g/mol. The van der Waals surface area contributed by atoms with E-state index in [4.69, 9.17) is 11.2 Å². The zero-order valence-corrected chi connectivity index (χ0v) is 15.9. The number of hydrogen-bond acceptors (Lipinski definition) is 4. The number of pyridine rings is 2. The molecule has 0 radical (unpaired) electrons. The summed E-state index contributed by atoms with van der Waals surface area (Å²) in [5, 5.41) is 0.485. The van der Waals surface area contributed by atoms with Crippen LogP contribution in [0, 0.1) is 25.2 Å². The second-order valence-corrected chi connectivity index (χ2v) is 6.96. The fraction of sp³-hybridized carbons (Fsp3) is 0.476. The lowest BCUT2D eigenvalue weighted by molar-refractivity contribution is 0.0532. The molecule has 1 unspecified atom stereocenters. The average molecular weight is 367 g/mol. The van der Waals surface area contributed by atoms with Crippen LogP contribution >= 0.6 is 0 Å². The molecule has 1 saturated heterocycles. The molecule has 6 heteroatoms. The Morgan fingerprint density at radius 1 is 1.44 bits per heavy atom.